The van der Waals surface area contributed by atoms with Crippen molar-refractivity contribution in [2.45, 2.75) is 6.18 Å². The molecule has 0 bridgehead atoms. The van der Waals surface area contributed by atoms with E-state index in [4.69, 9.17) is 16.0 Å². The van der Waals surface area contributed by atoms with E-state index in [2.05, 4.69) is 0 Å². The minimum absolute atomic E-state index is 0.264. The van der Waals surface area contributed by atoms with Crippen LogP contribution in [0.2, 0.25) is 5.02 Å². The van der Waals surface area contributed by atoms with E-state index in [1.54, 1.807) is 24.3 Å². The van der Waals surface area contributed by atoms with Crippen LogP contribution in [-0.2, 0) is 6.18 Å². The lowest BCUT2D eigenvalue weighted by Gasteiger charge is -2.09. The van der Waals surface area contributed by atoms with Crippen molar-refractivity contribution in [3.63, 3.8) is 0 Å². The number of carbonyl (C=O) groups is 1. The zero-order valence-corrected chi connectivity index (χ0v) is 11.7. The molecule has 1 heterocycles. The molecule has 6 heteroatoms. The number of furan rings is 1. The summed E-state index contributed by atoms with van der Waals surface area (Å²) in [5, 5.41) is 0.277. The highest BCUT2D eigenvalue weighted by molar-refractivity contribution is 6.31. The summed E-state index contributed by atoms with van der Waals surface area (Å²) in [6.07, 6.45) is -3.85. The molecule has 0 saturated heterocycles. The maximum atomic E-state index is 12.9. The van der Waals surface area contributed by atoms with Crippen LogP contribution in [0.1, 0.15) is 15.9 Å². The molecule has 3 aromatic rings. The first-order chi connectivity index (χ1) is 10.4. The first kappa shape index (κ1) is 14.7. The van der Waals surface area contributed by atoms with Crippen molar-refractivity contribution in [2.75, 3.05) is 0 Å². The van der Waals surface area contributed by atoms with Gasteiger partial charge in [-0.1, -0.05) is 11.6 Å². The van der Waals surface area contributed by atoms with Crippen molar-refractivity contribution in [1.82, 2.24) is 0 Å². The fraction of sp³-hybridized carbons (Fsp3) is 0.0625. The fourth-order valence-electron chi connectivity index (χ4n) is 2.17. The number of hydrogen-bond acceptors (Lipinski definition) is 2. The molecule has 112 valence electrons. The summed E-state index contributed by atoms with van der Waals surface area (Å²) in [5.74, 6) is 0.278. The van der Waals surface area contributed by atoms with Gasteiger partial charge in [-0.3, -0.25) is 4.79 Å². The Labute approximate surface area is 128 Å². The van der Waals surface area contributed by atoms with Crippen LogP contribution in [0.25, 0.3) is 22.3 Å². The summed E-state index contributed by atoms with van der Waals surface area (Å²) in [6.45, 7) is 0. The Balaban J connectivity index is 2.13. The largest absolute Gasteiger partial charge is 0.456 e. The topological polar surface area (TPSA) is 30.2 Å². The molecule has 0 aliphatic carbocycles. The highest BCUT2D eigenvalue weighted by Crippen LogP contribution is 2.38. The fourth-order valence-corrected chi connectivity index (χ4v) is 2.40. The zero-order valence-electron chi connectivity index (χ0n) is 10.9. The second-order valence-corrected chi connectivity index (χ2v) is 5.13. The van der Waals surface area contributed by atoms with Gasteiger partial charge in [0.05, 0.1) is 10.6 Å². The molecule has 1 aromatic heterocycles. The van der Waals surface area contributed by atoms with Crippen molar-refractivity contribution in [3.8, 4) is 11.3 Å². The van der Waals surface area contributed by atoms with Crippen molar-refractivity contribution in [2.24, 2.45) is 0 Å². The predicted molar refractivity (Wildman–Crippen MR) is 77.0 cm³/mol. The monoisotopic (exact) mass is 324 g/mol. The van der Waals surface area contributed by atoms with E-state index in [1.165, 1.54) is 12.1 Å². The molecular formula is C16H8ClF3O2. The SMILES string of the molecule is O=Cc1ccc2oc(-c3ccc(Cl)c(C(F)(F)F)c3)cc2c1. The Hall–Kier alpha value is -2.27. The Morgan fingerprint density at radius 3 is 2.50 bits per heavy atom. The molecule has 0 aliphatic rings. The van der Waals surface area contributed by atoms with Gasteiger partial charge in [-0.2, -0.15) is 13.2 Å². The average Bonchev–Trinajstić information content (AvgIpc) is 2.89. The van der Waals surface area contributed by atoms with Gasteiger partial charge in [-0.15, -0.1) is 0 Å². The number of alkyl halides is 3. The van der Waals surface area contributed by atoms with E-state index in [9.17, 15) is 18.0 Å². The number of aldehydes is 1. The summed E-state index contributed by atoms with van der Waals surface area (Å²) in [5.41, 5.74) is 0.303. The van der Waals surface area contributed by atoms with Crippen LogP contribution in [0.15, 0.2) is 46.9 Å². The van der Waals surface area contributed by atoms with Crippen molar-refractivity contribution >= 4 is 28.9 Å². The van der Waals surface area contributed by atoms with Crippen LogP contribution < -0.4 is 0 Å². The van der Waals surface area contributed by atoms with Crippen LogP contribution in [0.3, 0.4) is 0 Å². The van der Waals surface area contributed by atoms with Gasteiger partial charge in [0, 0.05) is 16.5 Å². The van der Waals surface area contributed by atoms with Crippen LogP contribution in [0.4, 0.5) is 13.2 Å². The number of fused-ring (bicyclic) bond motifs is 1. The molecule has 0 unspecified atom stereocenters. The summed E-state index contributed by atoms with van der Waals surface area (Å²) >= 11 is 5.60. The summed E-state index contributed by atoms with van der Waals surface area (Å²) < 4.78 is 44.2. The van der Waals surface area contributed by atoms with Gasteiger partial charge >= 0.3 is 6.18 Å². The Kier molecular flexibility index (Phi) is 3.45. The predicted octanol–water partition coefficient (Wildman–Crippen LogP) is 5.58. The van der Waals surface area contributed by atoms with E-state index in [0.717, 1.165) is 6.07 Å². The molecule has 0 amide bonds. The lowest BCUT2D eigenvalue weighted by Crippen LogP contribution is -2.05. The van der Waals surface area contributed by atoms with E-state index >= 15 is 0 Å². The third-order valence-electron chi connectivity index (χ3n) is 3.23. The minimum atomic E-state index is -4.54. The highest BCUT2D eigenvalue weighted by atomic mass is 35.5. The number of rotatable bonds is 2. The van der Waals surface area contributed by atoms with Gasteiger partial charge in [0.15, 0.2) is 0 Å². The Bertz CT molecular complexity index is 865. The van der Waals surface area contributed by atoms with E-state index < -0.39 is 11.7 Å². The van der Waals surface area contributed by atoms with E-state index in [-0.39, 0.29) is 16.3 Å². The van der Waals surface area contributed by atoms with Gasteiger partial charge in [0.1, 0.15) is 17.6 Å². The smallest absolute Gasteiger partial charge is 0.417 e. The second kappa shape index (κ2) is 5.18. The Morgan fingerprint density at radius 2 is 1.82 bits per heavy atom. The molecule has 0 saturated carbocycles. The number of benzene rings is 2. The van der Waals surface area contributed by atoms with Crippen LogP contribution in [0.5, 0.6) is 0 Å². The van der Waals surface area contributed by atoms with Crippen molar-refractivity contribution in [1.29, 1.82) is 0 Å². The summed E-state index contributed by atoms with van der Waals surface area (Å²) in [7, 11) is 0. The average molecular weight is 325 g/mol. The maximum Gasteiger partial charge on any atom is 0.417 e. The van der Waals surface area contributed by atoms with Crippen molar-refractivity contribution in [3.05, 3.63) is 58.6 Å². The molecule has 22 heavy (non-hydrogen) atoms. The molecule has 0 spiro atoms. The lowest BCUT2D eigenvalue weighted by molar-refractivity contribution is -0.137. The van der Waals surface area contributed by atoms with Crippen LogP contribution in [0, 0.1) is 0 Å². The summed E-state index contributed by atoms with van der Waals surface area (Å²) in [6, 6.07) is 9.96. The standard InChI is InChI=1S/C16H8ClF3O2/c17-13-3-2-10(6-12(13)16(18,19)20)15-7-11-5-9(8-21)1-4-14(11)22-15/h1-8H. The zero-order chi connectivity index (χ0) is 15.9. The third kappa shape index (κ3) is 2.60. The number of hydrogen-bond donors (Lipinski definition) is 0. The Morgan fingerprint density at radius 1 is 1.05 bits per heavy atom. The van der Waals surface area contributed by atoms with Gasteiger partial charge in [-0.05, 0) is 42.5 Å². The molecule has 3 rings (SSSR count). The highest BCUT2D eigenvalue weighted by Gasteiger charge is 2.33. The summed E-state index contributed by atoms with van der Waals surface area (Å²) in [4.78, 5) is 10.7. The molecule has 0 atom stereocenters. The molecule has 0 N–H and O–H groups in total. The van der Waals surface area contributed by atoms with E-state index in [0.29, 0.717) is 22.8 Å². The maximum absolute atomic E-state index is 12.9. The minimum Gasteiger partial charge on any atom is -0.456 e. The molecule has 0 aliphatic heterocycles. The molecule has 2 nitrogen and oxygen atoms in total. The number of carbonyl (C=O) groups excluding carboxylic acids is 1. The first-order valence-electron chi connectivity index (χ1n) is 6.24. The quantitative estimate of drug-likeness (QED) is 0.576. The molecule has 0 fully saturated rings. The van der Waals surface area contributed by atoms with Crippen molar-refractivity contribution < 1.29 is 22.4 Å². The van der Waals surface area contributed by atoms with Gasteiger partial charge < -0.3 is 4.42 Å². The normalized spacial score (nSPS) is 11.8. The lowest BCUT2D eigenvalue weighted by atomic mass is 10.1. The van der Waals surface area contributed by atoms with Gasteiger partial charge in [0.25, 0.3) is 0 Å². The molecular weight excluding hydrogens is 317 g/mol. The second-order valence-electron chi connectivity index (χ2n) is 4.72. The third-order valence-corrected chi connectivity index (χ3v) is 3.56. The van der Waals surface area contributed by atoms with Crippen LogP contribution >= 0.6 is 11.6 Å². The van der Waals surface area contributed by atoms with Crippen LogP contribution in [-0.4, -0.2) is 6.29 Å². The van der Waals surface area contributed by atoms with Gasteiger partial charge in [0.2, 0.25) is 0 Å². The number of halogens is 4. The molecule has 0 radical (unpaired) electrons. The molecule has 2 aromatic carbocycles. The van der Waals surface area contributed by atoms with E-state index in [1.807, 2.05) is 0 Å². The van der Waals surface area contributed by atoms with Gasteiger partial charge in [-0.25, -0.2) is 0 Å². The first-order valence-corrected chi connectivity index (χ1v) is 6.62.